The number of aryl methyl sites for hydroxylation is 1. The molecule has 0 radical (unpaired) electrons. The Balaban J connectivity index is 3.10. The summed E-state index contributed by atoms with van der Waals surface area (Å²) in [5.41, 5.74) is 0. The summed E-state index contributed by atoms with van der Waals surface area (Å²) in [6.45, 7) is 30.5. The average Bonchev–Trinajstić information content (AvgIpc) is 0.858. The zero-order chi connectivity index (χ0) is 72.1. The van der Waals surface area contributed by atoms with E-state index >= 15 is 28.8 Å². The Morgan fingerprint density at radius 1 is 0.500 bits per heavy atom. The number of carbonyl (C=O) groups is 11. The molecule has 26 heteroatoms. The molecular formula is C68H119N13O12S. The van der Waals surface area contributed by atoms with E-state index in [9.17, 15) is 29.1 Å². The van der Waals surface area contributed by atoms with E-state index in [0.717, 1.165) is 4.90 Å². The second-order valence-electron chi connectivity index (χ2n) is 28.2. The third-order valence-corrected chi connectivity index (χ3v) is 18.7. The summed E-state index contributed by atoms with van der Waals surface area (Å²) in [5, 5.41) is 27.8. The maximum absolute atomic E-state index is 15.4. The number of amides is 11. The Morgan fingerprint density at radius 3 is 1.40 bits per heavy atom. The molecular weight excluding hydrogens is 1220 g/mol. The number of rotatable bonds is 20. The Labute approximate surface area is 565 Å². The highest BCUT2D eigenvalue weighted by atomic mass is 32.2. The van der Waals surface area contributed by atoms with Gasteiger partial charge in [0.05, 0.1) is 6.10 Å². The highest BCUT2D eigenvalue weighted by Crippen LogP contribution is 2.26. The minimum atomic E-state index is -1.64. The smallest absolute Gasteiger partial charge is 0.246 e. The van der Waals surface area contributed by atoms with Gasteiger partial charge in [0.15, 0.2) is 0 Å². The number of hydrogen-bond donors (Lipinski definition) is 5. The Hall–Kier alpha value is -6.57. The van der Waals surface area contributed by atoms with Crippen molar-refractivity contribution in [1.82, 2.24) is 65.3 Å². The summed E-state index contributed by atoms with van der Waals surface area (Å²) in [5.74, 6) is -9.41. The lowest BCUT2D eigenvalue weighted by Gasteiger charge is -2.41. The largest absolute Gasteiger partial charge is 0.390 e. The van der Waals surface area contributed by atoms with Crippen LogP contribution in [0.1, 0.15) is 156 Å². The molecule has 0 aromatic carbocycles. The van der Waals surface area contributed by atoms with Crippen LogP contribution in [0.3, 0.4) is 0 Å². The molecule has 1 fully saturated rings. The lowest BCUT2D eigenvalue weighted by Crippen LogP contribution is -2.64. The number of hydrogen-bond acceptors (Lipinski definition) is 14. The van der Waals surface area contributed by atoms with Gasteiger partial charge in [-0.2, -0.15) is 16.9 Å². The van der Waals surface area contributed by atoms with Gasteiger partial charge in [-0.05, 0) is 107 Å². The molecule has 13 atom stereocenters. The van der Waals surface area contributed by atoms with Gasteiger partial charge < -0.3 is 60.7 Å². The van der Waals surface area contributed by atoms with Crippen LogP contribution in [-0.2, 0) is 59.3 Å². The first-order valence-corrected chi connectivity index (χ1v) is 34.8. The van der Waals surface area contributed by atoms with Crippen LogP contribution < -0.4 is 21.3 Å². The van der Waals surface area contributed by atoms with Gasteiger partial charge in [-0.1, -0.05) is 109 Å². The number of allylic oxidation sites excluding steroid dienone is 2. The highest BCUT2D eigenvalue weighted by molar-refractivity contribution is 7.99. The van der Waals surface area contributed by atoms with Crippen molar-refractivity contribution in [2.45, 2.75) is 235 Å². The molecule has 1 aliphatic rings. The first kappa shape index (κ1) is 83.5. The molecule has 1 aromatic heterocycles. The number of aliphatic hydroxyl groups excluding tert-OH is 1. The first-order valence-electron chi connectivity index (χ1n) is 33.6. The average molecular weight is 1340 g/mol. The summed E-state index contributed by atoms with van der Waals surface area (Å²) in [6.07, 6.45) is 6.36. The molecule has 94 heavy (non-hydrogen) atoms. The quantitative estimate of drug-likeness (QED) is 0.0901. The van der Waals surface area contributed by atoms with E-state index < -0.39 is 155 Å². The van der Waals surface area contributed by atoms with E-state index in [4.69, 9.17) is 0 Å². The Bertz CT molecular complexity index is 2710. The molecule has 25 nitrogen and oxygen atoms in total. The Kier molecular flexibility index (Phi) is 34.5. The number of aromatic nitrogens is 2. The van der Waals surface area contributed by atoms with Gasteiger partial charge >= 0.3 is 0 Å². The van der Waals surface area contributed by atoms with Crippen molar-refractivity contribution in [3.05, 3.63) is 30.6 Å². The summed E-state index contributed by atoms with van der Waals surface area (Å²) in [4.78, 5) is 173. The molecule has 534 valence electrons. The molecule has 0 bridgehead atoms. The highest BCUT2D eigenvalue weighted by Gasteiger charge is 2.46. The number of carbonyl (C=O) groups excluding carboxylic acids is 11. The molecule has 0 unspecified atom stereocenters. The number of nitrogens with zero attached hydrogens (tertiary/aromatic N) is 9. The van der Waals surface area contributed by atoms with Crippen LogP contribution in [0.25, 0.3) is 0 Å². The molecule has 0 aliphatic carbocycles. The van der Waals surface area contributed by atoms with E-state index in [1.807, 2.05) is 61.5 Å². The third-order valence-electron chi connectivity index (χ3n) is 17.7. The van der Waals surface area contributed by atoms with Gasteiger partial charge in [0.1, 0.15) is 66.5 Å². The molecule has 2 heterocycles. The van der Waals surface area contributed by atoms with E-state index in [2.05, 4.69) is 26.4 Å². The predicted octanol–water partition coefficient (Wildman–Crippen LogP) is 4.27. The fourth-order valence-electron chi connectivity index (χ4n) is 11.8. The van der Waals surface area contributed by atoms with E-state index in [0.29, 0.717) is 18.7 Å². The van der Waals surface area contributed by atoms with Crippen LogP contribution in [0.2, 0.25) is 0 Å². The lowest BCUT2D eigenvalue weighted by atomic mass is 9.91. The van der Waals surface area contributed by atoms with Crippen LogP contribution >= 0.6 is 11.8 Å². The zero-order valence-electron chi connectivity index (χ0n) is 61.1. The fraction of sp³-hybridized carbons (Fsp3) is 0.765. The normalized spacial score (nSPS) is 26.3. The topological polar surface area (TPSA) is 297 Å². The third kappa shape index (κ3) is 23.4. The SMILES string of the molecule is C/C=C/C[C@@H](C)[C@@H](O)[C@H]1C(=O)N[C@@H](CC)C(=O)N(C)[C@H](CSCCn2cccn2)C(=O)N(C)[C@@H](CC(C)C)C(=O)N[C@@H](C(C)C)C(=O)N(C)[C@@H](CC(C)C)C(=O)N[C@@H](C)C(=O)N[C@H](C)C(=O)N(C)[C@@H](CC(C)C)C(=O)N(C)[C@@H](CC(C)C)C(=O)N(C)[C@@H](C(C)C)C(=O)N1C. The van der Waals surface area contributed by atoms with Gasteiger partial charge in [0, 0.05) is 79.8 Å². The Morgan fingerprint density at radius 2 is 0.936 bits per heavy atom. The molecule has 0 spiro atoms. The van der Waals surface area contributed by atoms with Gasteiger partial charge in [-0.15, -0.1) is 0 Å². The second kappa shape index (κ2) is 38.8. The summed E-state index contributed by atoms with van der Waals surface area (Å²) in [6, 6.07) is -12.1. The van der Waals surface area contributed by atoms with Crippen LogP contribution in [0.4, 0.5) is 0 Å². The maximum atomic E-state index is 15.4. The first-order chi connectivity index (χ1) is 43.7. The molecule has 0 saturated carbocycles. The minimum absolute atomic E-state index is 0.00574. The number of nitrogens with one attached hydrogen (secondary N) is 4. The minimum Gasteiger partial charge on any atom is -0.390 e. The van der Waals surface area contributed by atoms with Gasteiger partial charge in [-0.25, -0.2) is 0 Å². The summed E-state index contributed by atoms with van der Waals surface area (Å²) >= 11 is 1.36. The second-order valence-corrected chi connectivity index (χ2v) is 29.3. The van der Waals surface area contributed by atoms with Crippen molar-refractivity contribution in [1.29, 1.82) is 0 Å². The summed E-state index contributed by atoms with van der Waals surface area (Å²) < 4.78 is 1.72. The van der Waals surface area contributed by atoms with Crippen LogP contribution in [0, 0.1) is 41.4 Å². The molecule has 5 N–H and O–H groups in total. The van der Waals surface area contributed by atoms with Gasteiger partial charge in [0.25, 0.3) is 0 Å². The van der Waals surface area contributed by atoms with Crippen LogP contribution in [-0.4, -0.2) is 248 Å². The number of thioether (sulfide) groups is 1. The molecule has 11 amide bonds. The van der Waals surface area contributed by atoms with Gasteiger partial charge in [-0.3, -0.25) is 57.4 Å². The van der Waals surface area contributed by atoms with E-state index in [-0.39, 0.29) is 61.5 Å². The van der Waals surface area contributed by atoms with Crippen molar-refractivity contribution in [2.75, 3.05) is 60.8 Å². The van der Waals surface area contributed by atoms with E-state index in [1.54, 1.807) is 77.7 Å². The van der Waals surface area contributed by atoms with Crippen molar-refractivity contribution < 1.29 is 57.8 Å². The molecule has 2 rings (SSSR count). The van der Waals surface area contributed by atoms with Gasteiger partial charge in [0.2, 0.25) is 65.0 Å². The van der Waals surface area contributed by atoms with Crippen molar-refractivity contribution in [3.63, 3.8) is 0 Å². The molecule has 1 saturated heterocycles. The number of likely N-dealkylation sites (N-methyl/N-ethyl adjacent to an activating group) is 7. The van der Waals surface area contributed by atoms with Crippen molar-refractivity contribution in [3.8, 4) is 0 Å². The number of aliphatic hydroxyl groups is 1. The van der Waals surface area contributed by atoms with Crippen LogP contribution in [0.5, 0.6) is 0 Å². The maximum Gasteiger partial charge on any atom is 0.246 e. The fourth-order valence-corrected chi connectivity index (χ4v) is 12.8. The monoisotopic (exact) mass is 1340 g/mol. The summed E-state index contributed by atoms with van der Waals surface area (Å²) in [7, 11) is 10.1. The zero-order valence-corrected chi connectivity index (χ0v) is 61.9. The molecule has 1 aromatic rings. The van der Waals surface area contributed by atoms with Crippen LogP contribution in [0.15, 0.2) is 30.6 Å². The van der Waals surface area contributed by atoms with Crippen molar-refractivity contribution in [2.24, 2.45) is 41.4 Å². The predicted molar refractivity (Wildman–Crippen MR) is 367 cm³/mol. The lowest BCUT2D eigenvalue weighted by molar-refractivity contribution is -0.157. The van der Waals surface area contributed by atoms with Crippen molar-refractivity contribution >= 4 is 76.7 Å². The molecule has 1 aliphatic heterocycles. The van der Waals surface area contributed by atoms with E-state index in [1.165, 1.54) is 104 Å². The standard InChI is InChI=1S/C68H119N13O12S/c1-25-27-29-45(15)57(82)56-61(86)72-48(26-2)63(88)78(22)53(38-94-33-32-81-31-28-30-69-81)66(91)74(18)50(35-40(5)6)60(85)73-54(43(11)12)67(92)75(19)49(34-39(3)4)59(84)70-46(16)58(83)71-47(17)62(87)76(20)51(36-41(7)8)64(89)77(21)52(37-42(9)10)65(90)79(23)55(44(13)14)68(93)80(56)24/h25,27-28,30-31,39-57,82H,26,29,32-38H2,1-24H3,(H,70,84)(H,71,83)(H,72,86)(H,73,85)/b27-25+/t45-,46+,47-,48+,49+,50+,51+,52+,53-,54+,55+,56+,57-/m1/s1.